The van der Waals surface area contributed by atoms with Crippen LogP contribution in [0.3, 0.4) is 0 Å². The molecule has 0 bridgehead atoms. The lowest BCUT2D eigenvalue weighted by atomic mass is 9.71. The zero-order valence-electron chi connectivity index (χ0n) is 61.6. The van der Waals surface area contributed by atoms with Gasteiger partial charge in [0.2, 0.25) is 0 Å². The highest BCUT2D eigenvalue weighted by Crippen LogP contribution is 2.48. The number of nitrogens with zero attached hydrogens (tertiary/aromatic N) is 12. The molecule has 4 N–H and O–H groups in total. The van der Waals surface area contributed by atoms with Crippen molar-refractivity contribution in [2.75, 3.05) is 26.4 Å². The third-order valence-electron chi connectivity index (χ3n) is 22.9. The molecular weight excluding hydrogens is 1310 g/mol. The second-order valence-corrected chi connectivity index (χ2v) is 30.7. The van der Waals surface area contributed by atoms with Gasteiger partial charge >= 0.3 is 0 Å². The lowest BCUT2D eigenvalue weighted by Gasteiger charge is -2.38. The smallest absolute Gasteiger partial charge is 0.180 e. The van der Waals surface area contributed by atoms with Crippen LogP contribution in [0.1, 0.15) is 151 Å². The van der Waals surface area contributed by atoms with Gasteiger partial charge in [-0.2, -0.15) is 10.2 Å². The molecule has 0 fully saturated rings. The highest BCUT2D eigenvalue weighted by molar-refractivity contribution is 5.83. The van der Waals surface area contributed by atoms with Crippen LogP contribution in [0.15, 0.2) is 170 Å². The number of H-pyrrole nitrogens is 2. The maximum atomic E-state index is 6.01. The molecule has 5 spiro atoms. The highest BCUT2D eigenvalue weighted by atomic mass is 16.5. The molecule has 5 aliphatic heterocycles. The summed E-state index contributed by atoms with van der Waals surface area (Å²) in [6.07, 6.45) is 28.7. The Balaban J connectivity index is 0.000000101. The number of amidine groups is 1. The van der Waals surface area contributed by atoms with Crippen molar-refractivity contribution in [3.8, 4) is 55.6 Å². The first kappa shape index (κ1) is 68.7. The van der Waals surface area contributed by atoms with Crippen molar-refractivity contribution in [2.45, 2.75) is 186 Å². The van der Waals surface area contributed by atoms with Crippen LogP contribution in [0.4, 0.5) is 0 Å². The predicted molar refractivity (Wildman–Crippen MR) is 410 cm³/mol. The van der Waals surface area contributed by atoms with Crippen LogP contribution in [-0.2, 0) is 76.7 Å². The highest BCUT2D eigenvalue weighted by Gasteiger charge is 2.47. The van der Waals surface area contributed by atoms with Crippen LogP contribution in [0.2, 0.25) is 0 Å². The van der Waals surface area contributed by atoms with Crippen molar-refractivity contribution < 1.29 is 23.5 Å². The lowest BCUT2D eigenvalue weighted by Crippen LogP contribution is -2.39. The normalized spacial score (nSPS) is 24.3. The number of aliphatic imine (C=N–C) groups is 5. The minimum atomic E-state index is -0.0957. The van der Waals surface area contributed by atoms with Gasteiger partial charge in [-0.15, -0.1) is 0 Å². The first-order valence-corrected chi connectivity index (χ1v) is 37.0. The zero-order valence-corrected chi connectivity index (χ0v) is 61.6. The third kappa shape index (κ3) is 13.6. The number of aromatic amines is 2. The summed E-state index contributed by atoms with van der Waals surface area (Å²) in [5.74, 6) is 5.42. The van der Waals surface area contributed by atoms with E-state index in [1.165, 1.54) is 89.0 Å². The van der Waals surface area contributed by atoms with Gasteiger partial charge in [-0.05, 0) is 156 Å². The number of aryl methyl sites for hydroxylation is 4. The van der Waals surface area contributed by atoms with E-state index in [0.717, 1.165) is 164 Å². The predicted octanol–water partition coefficient (Wildman–Crippen LogP) is 14.9. The Kier molecular flexibility index (Phi) is 18.1. The first-order valence-electron chi connectivity index (χ1n) is 37.0. The summed E-state index contributed by atoms with van der Waals surface area (Å²) >= 11 is 0. The topological polar surface area (TPSA) is 260 Å². The van der Waals surface area contributed by atoms with E-state index in [1.54, 1.807) is 12.7 Å². The molecule has 10 aromatic rings. The Morgan fingerprint density at radius 3 is 1.37 bits per heavy atom. The van der Waals surface area contributed by atoms with Crippen LogP contribution in [0.5, 0.6) is 0 Å². The minimum absolute atomic E-state index is 0.0428. The largest absolute Gasteiger partial charge is 0.479 e. The molecule has 5 aliphatic carbocycles. The Morgan fingerprint density at radius 2 is 0.895 bits per heavy atom. The van der Waals surface area contributed by atoms with Crippen molar-refractivity contribution >= 4 is 29.4 Å². The van der Waals surface area contributed by atoms with Gasteiger partial charge in [0.25, 0.3) is 0 Å². The van der Waals surface area contributed by atoms with E-state index < -0.39 is 0 Å². The fourth-order valence-corrected chi connectivity index (χ4v) is 18.6. The second-order valence-electron chi connectivity index (χ2n) is 30.7. The van der Waals surface area contributed by atoms with Crippen molar-refractivity contribution in [3.05, 3.63) is 219 Å². The van der Waals surface area contributed by atoms with Gasteiger partial charge in [-0.25, -0.2) is 39.9 Å². The Hall–Kier alpha value is -10.8. The van der Waals surface area contributed by atoms with Crippen LogP contribution >= 0.6 is 0 Å². The minimum Gasteiger partial charge on any atom is -0.479 e. The van der Waals surface area contributed by atoms with Gasteiger partial charge in [0, 0.05) is 144 Å². The molecule has 20 rings (SSSR count). The number of ether oxygens (including phenoxy) is 4. The molecule has 20 nitrogen and oxygen atoms in total. The van der Waals surface area contributed by atoms with E-state index in [2.05, 4.69) is 157 Å². The number of rotatable bonds is 5. The number of aromatic nitrogens is 9. The summed E-state index contributed by atoms with van der Waals surface area (Å²) in [5, 5.41) is 18.5. The van der Waals surface area contributed by atoms with Crippen molar-refractivity contribution in [1.82, 2.24) is 45.5 Å². The molecule has 10 heterocycles. The second kappa shape index (κ2) is 27.7. The molecule has 5 aromatic carbocycles. The van der Waals surface area contributed by atoms with E-state index >= 15 is 0 Å². The monoisotopic (exact) mass is 1400 g/mol. The summed E-state index contributed by atoms with van der Waals surface area (Å²) in [5.41, 5.74) is 34.9. The van der Waals surface area contributed by atoms with Gasteiger partial charge in [0.05, 0.1) is 29.0 Å². The van der Waals surface area contributed by atoms with Crippen LogP contribution in [0, 0.1) is 27.7 Å². The van der Waals surface area contributed by atoms with Crippen LogP contribution < -0.4 is 5.73 Å². The van der Waals surface area contributed by atoms with E-state index in [-0.39, 0.29) is 27.7 Å². The molecular formula is C85H91N15O5. The molecule has 0 radical (unpaired) electrons. The number of benzene rings is 5. The lowest BCUT2D eigenvalue weighted by molar-refractivity contribution is 0.226. The van der Waals surface area contributed by atoms with Crippen molar-refractivity contribution in [2.24, 2.45) is 30.7 Å². The van der Waals surface area contributed by atoms with Gasteiger partial charge in [0.15, 0.2) is 23.6 Å². The molecule has 0 amide bonds. The maximum absolute atomic E-state index is 6.01. The van der Waals surface area contributed by atoms with E-state index in [1.807, 2.05) is 78.7 Å². The number of hydrogen-bond acceptors (Lipinski definition) is 18. The van der Waals surface area contributed by atoms with Crippen LogP contribution in [0.25, 0.3) is 55.6 Å². The van der Waals surface area contributed by atoms with Gasteiger partial charge in [-0.3, -0.25) is 15.2 Å². The van der Waals surface area contributed by atoms with Crippen LogP contribution in [-0.4, -0.2) is 129 Å². The van der Waals surface area contributed by atoms with Crippen molar-refractivity contribution in [3.63, 3.8) is 0 Å². The number of hydrogen-bond donors (Lipinski definition) is 3. The average Bonchev–Trinajstić information content (AvgIpc) is 1.69. The molecule has 20 heteroatoms. The van der Waals surface area contributed by atoms with E-state index in [9.17, 15) is 0 Å². The summed E-state index contributed by atoms with van der Waals surface area (Å²) < 4.78 is 27.8. The molecule has 536 valence electrons. The summed E-state index contributed by atoms with van der Waals surface area (Å²) in [6.45, 7) is 21.0. The Labute approximate surface area is 613 Å². The van der Waals surface area contributed by atoms with Gasteiger partial charge in [0.1, 0.15) is 67.0 Å². The van der Waals surface area contributed by atoms with Gasteiger partial charge < -0.3 is 29.2 Å². The average molecular weight is 1400 g/mol. The number of fused-ring (bicyclic) bond motifs is 5. The molecule has 5 aromatic heterocycles. The molecule has 0 saturated heterocycles. The Bertz CT molecular complexity index is 4950. The summed E-state index contributed by atoms with van der Waals surface area (Å²) in [6, 6.07) is 32.6. The number of nitrogens with two attached hydrogens (primary N) is 1. The maximum Gasteiger partial charge on any atom is 0.180 e. The molecule has 6 unspecified atom stereocenters. The third-order valence-corrected chi connectivity index (χ3v) is 22.9. The molecule has 6 atom stereocenters. The fraction of sp³-hybridized carbons (Fsp3) is 0.388. The SMILES string of the molecule is CC1=NC2(CO1)Cc1cccc(-c3c(C)n[nH]c3C)c1C2.CC1=NC2(CO1)Cc1cccc(-c3c(C)noc3C)c1C2.CC1=NC2(CO1)Cc1cccc(-c3cn[nH]c3)c1C2.CC1=NC2(CO1)Cc1cccc(-c3cncnc3)c1C(C)C2.NC1=NC2(CCC1)CCc1c(cccc1-c1cncnc1)C2. The van der Waals surface area contributed by atoms with E-state index in [4.69, 9.17) is 54.2 Å². The first-order chi connectivity index (χ1) is 50.8. The molecule has 0 saturated carbocycles. The molecule has 105 heavy (non-hydrogen) atoms. The molecule has 10 aliphatic rings. The summed E-state index contributed by atoms with van der Waals surface area (Å²) in [7, 11) is 0. The zero-order chi connectivity index (χ0) is 72.2. The van der Waals surface area contributed by atoms with E-state index in [0.29, 0.717) is 32.3 Å². The fourth-order valence-electron chi connectivity index (χ4n) is 18.6. The Morgan fingerprint density at radius 1 is 0.438 bits per heavy atom. The summed E-state index contributed by atoms with van der Waals surface area (Å²) in [4.78, 5) is 40.5. The standard InChI is InChI=1S/C18H20N4.C18H19N3O.C17H19N3O.C17H18N2O2.C15H15N3O/c19-17-5-2-7-18(22-17)8-6-16-13(9-18)3-1-4-15(16)14-10-20-12-21-11-14;1-12-6-18(10-22-13(2)21-18)7-14-4-3-5-16(17(12)14)15-8-19-11-20-9-15;1-10-16(11(2)20-19-10)14-6-4-5-13-7-17(8-15(13)14)9-21-12(3)18-17;1-10-16(11(2)21-19-10)14-6-4-5-13-7-17(8-15(13)14)9-20-12(3)18-17;1-10-18-15(9-19-10)5-11-3-2-4-13(14(11)6-15)12-7-16-17-8-12/h1,3-4,10-12H,2,5-9H2,(H2,19,22);3-5,8-9,11-12H,6-7,10H2,1-2H3;4-6H,7-9H2,1-3H3,(H,19,20);4-6H,7-9H2,1-3H3;2-4,7-8H,5-6,9H2,1H3,(H,16,17). The van der Waals surface area contributed by atoms with Crippen molar-refractivity contribution in [1.29, 1.82) is 0 Å². The quantitative estimate of drug-likeness (QED) is 0.145. The number of nitrogens with one attached hydrogen (secondary N) is 2. The van der Waals surface area contributed by atoms with Gasteiger partial charge in [-0.1, -0.05) is 103 Å².